The normalized spacial score (nSPS) is 15.6. The predicted molar refractivity (Wildman–Crippen MR) is 75.5 cm³/mol. The zero-order valence-corrected chi connectivity index (χ0v) is 11.8. The molecule has 0 aliphatic rings. The first-order valence-electron chi connectivity index (χ1n) is 6.20. The van der Waals surface area contributed by atoms with Crippen LogP contribution in [0, 0.1) is 0 Å². The maximum atomic E-state index is 12.1. The topological polar surface area (TPSA) is 83.3 Å². The van der Waals surface area contributed by atoms with Crippen LogP contribution < -0.4 is 0 Å². The molecule has 20 heavy (non-hydrogen) atoms. The Morgan fingerprint density at radius 1 is 1.15 bits per heavy atom. The van der Waals surface area contributed by atoms with Gasteiger partial charge in [0.05, 0.1) is 22.7 Å². The van der Waals surface area contributed by atoms with Crippen molar-refractivity contribution in [1.29, 1.82) is 0 Å². The van der Waals surface area contributed by atoms with E-state index in [9.17, 15) is 14.4 Å². The fraction of sp³-hybridized carbons (Fsp3) is 0.286. The average Bonchev–Trinajstić information content (AvgIpc) is 2.46. The van der Waals surface area contributed by atoms with Crippen molar-refractivity contribution in [2.45, 2.75) is 24.2 Å². The Morgan fingerprint density at radius 2 is 1.80 bits per heavy atom. The molecule has 5 nitrogen and oxygen atoms in total. The first-order valence-corrected chi connectivity index (χ1v) is 7.52. The highest BCUT2D eigenvalue weighted by atomic mass is 32.2. The van der Waals surface area contributed by atoms with E-state index in [2.05, 4.69) is 9.97 Å². The van der Waals surface area contributed by atoms with Gasteiger partial charge < -0.3 is 10.2 Å². The molecule has 3 atom stereocenters. The van der Waals surface area contributed by atoms with Gasteiger partial charge in [0.25, 0.3) is 0 Å². The maximum Gasteiger partial charge on any atom is 0.151 e. The van der Waals surface area contributed by atoms with Crippen LogP contribution in [0.3, 0.4) is 0 Å². The smallest absolute Gasteiger partial charge is 0.151 e. The van der Waals surface area contributed by atoms with E-state index < -0.39 is 23.0 Å². The summed E-state index contributed by atoms with van der Waals surface area (Å²) in [5.74, 6) is 0.0627. The van der Waals surface area contributed by atoms with Gasteiger partial charge in [0.1, 0.15) is 11.8 Å². The van der Waals surface area contributed by atoms with Crippen molar-refractivity contribution in [2.75, 3.05) is 5.75 Å². The summed E-state index contributed by atoms with van der Waals surface area (Å²) in [6, 6.07) is 8.99. The third-order valence-corrected chi connectivity index (χ3v) is 4.20. The number of rotatable bonds is 5. The minimum atomic E-state index is -1.50. The Morgan fingerprint density at radius 3 is 2.45 bits per heavy atom. The van der Waals surface area contributed by atoms with Gasteiger partial charge in [-0.05, 0) is 12.5 Å². The summed E-state index contributed by atoms with van der Waals surface area (Å²) in [4.78, 5) is 8.14. The van der Waals surface area contributed by atoms with Crippen molar-refractivity contribution >= 4 is 10.8 Å². The van der Waals surface area contributed by atoms with Crippen LogP contribution in [0.5, 0.6) is 0 Å². The molecule has 2 rings (SSSR count). The number of aliphatic hydroxyl groups is 2. The summed E-state index contributed by atoms with van der Waals surface area (Å²) in [6.07, 6.45) is 1.18. The Kier molecular flexibility index (Phi) is 4.94. The van der Waals surface area contributed by atoms with Crippen molar-refractivity contribution in [3.8, 4) is 0 Å². The molecule has 2 aromatic rings. The molecule has 1 aromatic heterocycles. The lowest BCUT2D eigenvalue weighted by Gasteiger charge is -2.14. The lowest BCUT2D eigenvalue weighted by molar-refractivity contribution is 0.210. The van der Waals surface area contributed by atoms with Gasteiger partial charge in [0, 0.05) is 12.4 Å². The summed E-state index contributed by atoms with van der Waals surface area (Å²) in [7, 11) is -1.50. The summed E-state index contributed by atoms with van der Waals surface area (Å²) in [5, 5.41) is 19.9. The quantitative estimate of drug-likeness (QED) is 0.860. The van der Waals surface area contributed by atoms with Gasteiger partial charge in [0.2, 0.25) is 0 Å². The van der Waals surface area contributed by atoms with E-state index in [1.54, 1.807) is 31.2 Å². The molecule has 0 amide bonds. The van der Waals surface area contributed by atoms with Crippen molar-refractivity contribution in [3.05, 3.63) is 54.0 Å². The first kappa shape index (κ1) is 14.8. The van der Waals surface area contributed by atoms with E-state index in [0.29, 0.717) is 5.56 Å². The van der Waals surface area contributed by atoms with Crippen LogP contribution in [0.1, 0.15) is 24.3 Å². The minimum Gasteiger partial charge on any atom is -0.392 e. The monoisotopic (exact) mass is 292 g/mol. The van der Waals surface area contributed by atoms with Crippen molar-refractivity contribution < 1.29 is 14.4 Å². The molecule has 3 unspecified atom stereocenters. The van der Waals surface area contributed by atoms with Gasteiger partial charge >= 0.3 is 0 Å². The molecule has 1 heterocycles. The number of aliphatic hydroxyl groups excluding tert-OH is 2. The third-order valence-electron chi connectivity index (χ3n) is 2.67. The lowest BCUT2D eigenvalue weighted by Crippen LogP contribution is -2.17. The Bertz CT molecular complexity index is 590. The zero-order valence-electron chi connectivity index (χ0n) is 11.0. The summed E-state index contributed by atoms with van der Waals surface area (Å²) in [5.41, 5.74) is 0.918. The van der Waals surface area contributed by atoms with Gasteiger partial charge in [-0.3, -0.25) is 9.19 Å². The van der Waals surface area contributed by atoms with Crippen molar-refractivity contribution in [2.24, 2.45) is 0 Å². The van der Waals surface area contributed by atoms with E-state index in [-0.39, 0.29) is 16.5 Å². The summed E-state index contributed by atoms with van der Waals surface area (Å²) in [6.45, 7) is 1.56. The Hall–Kier alpha value is -1.63. The van der Waals surface area contributed by atoms with Crippen LogP contribution in [-0.4, -0.2) is 36.2 Å². The van der Waals surface area contributed by atoms with Crippen LogP contribution in [-0.2, 0) is 10.8 Å². The van der Waals surface area contributed by atoms with E-state index >= 15 is 0 Å². The van der Waals surface area contributed by atoms with Crippen LogP contribution >= 0.6 is 0 Å². The predicted octanol–water partition coefficient (Wildman–Crippen LogP) is 1.05. The molecule has 0 bridgehead atoms. The molecule has 0 saturated carbocycles. The molecule has 0 fully saturated rings. The molecule has 0 radical (unpaired) electrons. The zero-order chi connectivity index (χ0) is 14.5. The number of hydrogen-bond donors (Lipinski definition) is 2. The molecule has 6 heteroatoms. The summed E-state index contributed by atoms with van der Waals surface area (Å²) >= 11 is 0. The number of hydrogen-bond acceptors (Lipinski definition) is 5. The molecule has 0 saturated heterocycles. The van der Waals surface area contributed by atoms with Crippen LogP contribution in [0.4, 0.5) is 0 Å². The van der Waals surface area contributed by atoms with Gasteiger partial charge in [-0.15, -0.1) is 0 Å². The van der Waals surface area contributed by atoms with E-state index in [4.69, 9.17) is 0 Å². The largest absolute Gasteiger partial charge is 0.392 e. The second kappa shape index (κ2) is 6.69. The number of aromatic nitrogens is 2. The van der Waals surface area contributed by atoms with Crippen molar-refractivity contribution in [1.82, 2.24) is 9.97 Å². The summed E-state index contributed by atoms with van der Waals surface area (Å²) < 4.78 is 12.1. The molecular formula is C14H16N2O3S. The Balaban J connectivity index is 2.35. The third kappa shape index (κ3) is 3.47. The van der Waals surface area contributed by atoms with E-state index in [1.807, 2.05) is 6.07 Å². The molecule has 0 aliphatic heterocycles. The maximum absolute atomic E-state index is 12.1. The van der Waals surface area contributed by atoms with Crippen LogP contribution in [0.25, 0.3) is 0 Å². The molecular weight excluding hydrogens is 276 g/mol. The number of nitrogens with zero attached hydrogens (tertiary/aromatic N) is 2. The van der Waals surface area contributed by atoms with Gasteiger partial charge in [-0.1, -0.05) is 30.3 Å². The fourth-order valence-electron chi connectivity index (χ4n) is 1.79. The van der Waals surface area contributed by atoms with E-state index in [1.165, 1.54) is 12.4 Å². The SMILES string of the molecule is CC(O)CS(=O)c1nccnc1C(O)c1ccccc1. The van der Waals surface area contributed by atoms with Gasteiger partial charge in [-0.2, -0.15) is 0 Å². The highest BCUT2D eigenvalue weighted by Crippen LogP contribution is 2.23. The molecule has 106 valence electrons. The standard InChI is InChI=1S/C14H16N2O3S/c1-10(17)9-20(19)14-12(15-7-8-16-14)13(18)11-5-3-2-4-6-11/h2-8,10,13,17-18H,9H2,1H3. The lowest BCUT2D eigenvalue weighted by atomic mass is 10.1. The van der Waals surface area contributed by atoms with Gasteiger partial charge in [-0.25, -0.2) is 4.98 Å². The molecule has 0 spiro atoms. The highest BCUT2D eigenvalue weighted by Gasteiger charge is 2.21. The molecule has 0 aliphatic carbocycles. The van der Waals surface area contributed by atoms with E-state index in [0.717, 1.165) is 0 Å². The van der Waals surface area contributed by atoms with Crippen molar-refractivity contribution in [3.63, 3.8) is 0 Å². The highest BCUT2D eigenvalue weighted by molar-refractivity contribution is 7.85. The first-order chi connectivity index (χ1) is 9.59. The minimum absolute atomic E-state index is 0.0627. The Labute approximate surface area is 119 Å². The van der Waals surface area contributed by atoms with Crippen LogP contribution in [0.15, 0.2) is 47.8 Å². The molecule has 1 aromatic carbocycles. The van der Waals surface area contributed by atoms with Gasteiger partial charge in [0.15, 0.2) is 5.03 Å². The number of benzene rings is 1. The second-order valence-corrected chi connectivity index (χ2v) is 5.83. The molecule has 2 N–H and O–H groups in total. The van der Waals surface area contributed by atoms with Crippen LogP contribution in [0.2, 0.25) is 0 Å². The average molecular weight is 292 g/mol. The second-order valence-electron chi connectivity index (χ2n) is 4.42. The fourth-order valence-corrected chi connectivity index (χ4v) is 2.96.